The van der Waals surface area contributed by atoms with E-state index in [2.05, 4.69) is 5.09 Å². The summed E-state index contributed by atoms with van der Waals surface area (Å²) in [7, 11) is -4.93. The molecule has 12 heteroatoms. The van der Waals surface area contributed by atoms with Crippen molar-refractivity contribution in [1.29, 1.82) is 0 Å². The molecule has 0 saturated heterocycles. The zero-order valence-electron chi connectivity index (χ0n) is 18.0. The highest BCUT2D eigenvalue weighted by Crippen LogP contribution is 2.47. The van der Waals surface area contributed by atoms with Crippen molar-refractivity contribution in [3.05, 3.63) is 59.4 Å². The van der Waals surface area contributed by atoms with Gasteiger partial charge in [0.15, 0.2) is 0 Å². The molecule has 6 nitrogen and oxygen atoms in total. The van der Waals surface area contributed by atoms with Crippen LogP contribution in [0.2, 0.25) is 0 Å². The molecule has 0 aliphatic rings. The first kappa shape index (κ1) is 26.6. The Hall–Kier alpha value is -2.65. The Morgan fingerprint density at radius 1 is 0.909 bits per heavy atom. The summed E-state index contributed by atoms with van der Waals surface area (Å²) in [5.41, 5.74) is 0. The van der Waals surface area contributed by atoms with Crippen molar-refractivity contribution in [3.63, 3.8) is 0 Å². The fourth-order valence-electron chi connectivity index (χ4n) is 2.62. The first-order chi connectivity index (χ1) is 15.5. The van der Waals surface area contributed by atoms with Crippen LogP contribution >= 0.6 is 7.75 Å². The average molecular weight is 495 g/mol. The lowest BCUT2D eigenvalue weighted by molar-refractivity contribution is -0.146. The van der Waals surface area contributed by atoms with Gasteiger partial charge < -0.3 is 13.8 Å². The first-order valence-corrected chi connectivity index (χ1v) is 11.6. The van der Waals surface area contributed by atoms with Crippen LogP contribution in [0.15, 0.2) is 30.3 Å². The molecule has 0 aromatic heterocycles. The van der Waals surface area contributed by atoms with Crippen LogP contribution in [0.3, 0.4) is 0 Å². The summed E-state index contributed by atoms with van der Waals surface area (Å²) >= 11 is 0. The summed E-state index contributed by atoms with van der Waals surface area (Å²) < 4.78 is 97.0. The van der Waals surface area contributed by atoms with Crippen molar-refractivity contribution in [2.75, 3.05) is 6.61 Å². The number of nitrogens with one attached hydrogen (secondary N) is 1. The molecule has 0 spiro atoms. The van der Waals surface area contributed by atoms with Crippen LogP contribution in [0.5, 0.6) is 11.5 Å². The minimum atomic E-state index is -4.93. The number of benzene rings is 2. The summed E-state index contributed by atoms with van der Waals surface area (Å²) in [6, 6.07) is 5.71. The van der Waals surface area contributed by atoms with Gasteiger partial charge in [0, 0.05) is 0 Å². The van der Waals surface area contributed by atoms with E-state index in [-0.39, 0.29) is 18.3 Å². The average Bonchev–Trinajstić information content (AvgIpc) is 2.80. The van der Waals surface area contributed by atoms with E-state index in [9.17, 15) is 31.3 Å². The van der Waals surface area contributed by atoms with Crippen molar-refractivity contribution in [1.82, 2.24) is 5.09 Å². The monoisotopic (exact) mass is 495 g/mol. The smallest absolute Gasteiger partial charge is 0.464 e. The minimum Gasteiger partial charge on any atom is -0.464 e. The third-order valence-corrected chi connectivity index (χ3v) is 6.25. The minimum absolute atomic E-state index is 0.0696. The first-order valence-electron chi connectivity index (χ1n) is 10.0. The molecule has 0 radical (unpaired) electrons. The van der Waals surface area contributed by atoms with Crippen LogP contribution in [0.4, 0.5) is 22.0 Å². The van der Waals surface area contributed by atoms with Crippen molar-refractivity contribution in [2.45, 2.75) is 39.7 Å². The van der Waals surface area contributed by atoms with Crippen LogP contribution in [0.1, 0.15) is 33.6 Å². The van der Waals surface area contributed by atoms with Crippen LogP contribution < -0.4 is 14.1 Å². The van der Waals surface area contributed by atoms with E-state index in [1.807, 2.05) is 13.8 Å². The van der Waals surface area contributed by atoms with Gasteiger partial charge in [-0.3, -0.25) is 4.79 Å². The molecule has 33 heavy (non-hydrogen) atoms. The van der Waals surface area contributed by atoms with Crippen LogP contribution in [-0.2, 0) is 14.1 Å². The molecule has 182 valence electrons. The third kappa shape index (κ3) is 6.68. The van der Waals surface area contributed by atoms with E-state index in [0.29, 0.717) is 0 Å². The largest absolute Gasteiger partial charge is 0.513 e. The summed E-state index contributed by atoms with van der Waals surface area (Å²) in [5.74, 6) is -14.5. The summed E-state index contributed by atoms with van der Waals surface area (Å²) in [5, 5.41) is 2.12. The Morgan fingerprint density at radius 2 is 1.42 bits per heavy atom. The Morgan fingerprint density at radius 3 is 1.94 bits per heavy atom. The maximum atomic E-state index is 14.1. The SMILES string of the molecule is CCC(CC)COC(=O)[C@H](C)N[P@](=O)(Oc1ccccc1)Oc1c(F)c(F)c(F)c(F)c1F. The van der Waals surface area contributed by atoms with Gasteiger partial charge in [0.05, 0.1) is 6.61 Å². The number of carbonyl (C=O) groups is 1. The Balaban J connectivity index is 2.34. The van der Waals surface area contributed by atoms with E-state index < -0.39 is 54.6 Å². The number of hydrogen-bond donors (Lipinski definition) is 1. The van der Waals surface area contributed by atoms with Gasteiger partial charge in [-0.05, 0) is 25.0 Å². The molecule has 2 aromatic rings. The topological polar surface area (TPSA) is 73.9 Å². The van der Waals surface area contributed by atoms with E-state index in [4.69, 9.17) is 13.8 Å². The maximum Gasteiger partial charge on any atom is 0.513 e. The normalized spacial score (nSPS) is 14.0. The van der Waals surface area contributed by atoms with Gasteiger partial charge in [-0.1, -0.05) is 44.9 Å². The van der Waals surface area contributed by atoms with Gasteiger partial charge in [-0.15, -0.1) is 0 Å². The van der Waals surface area contributed by atoms with Crippen LogP contribution in [0, 0.1) is 35.0 Å². The molecule has 0 unspecified atom stereocenters. The Labute approximate surface area is 187 Å². The molecule has 0 heterocycles. The number of hydrogen-bond acceptors (Lipinski definition) is 5. The van der Waals surface area contributed by atoms with Crippen molar-refractivity contribution in [3.8, 4) is 11.5 Å². The molecule has 1 N–H and O–H groups in total. The molecule has 0 fully saturated rings. The Kier molecular flexibility index (Phi) is 9.25. The molecule has 0 saturated carbocycles. The standard InChI is InChI=1S/C21H23F5NO5P/c1-4-13(5-2)11-30-21(28)12(3)27-33(29,31-14-9-7-6-8-10-14)32-20-18(25)16(23)15(22)17(24)19(20)26/h6-10,12-13H,4-5,11H2,1-3H3,(H,27,29)/t12-,33-/m0/s1. The number of esters is 1. The molecule has 2 rings (SSSR count). The van der Waals surface area contributed by atoms with Crippen LogP contribution in [0.25, 0.3) is 0 Å². The van der Waals surface area contributed by atoms with Gasteiger partial charge in [0.2, 0.25) is 34.8 Å². The predicted octanol–water partition coefficient (Wildman–Crippen LogP) is 5.91. The van der Waals surface area contributed by atoms with E-state index >= 15 is 0 Å². The molecule has 2 atom stereocenters. The van der Waals surface area contributed by atoms with Crippen LogP contribution in [-0.4, -0.2) is 18.6 Å². The van der Waals surface area contributed by atoms with E-state index in [1.54, 1.807) is 6.07 Å². The molecular weight excluding hydrogens is 472 g/mol. The number of carbonyl (C=O) groups excluding carboxylic acids is 1. The quantitative estimate of drug-likeness (QED) is 0.138. The van der Waals surface area contributed by atoms with Crippen molar-refractivity contribution >= 4 is 13.7 Å². The fraction of sp³-hybridized carbons (Fsp3) is 0.381. The summed E-state index contributed by atoms with van der Waals surface area (Å²) in [4.78, 5) is 12.3. The lowest BCUT2D eigenvalue weighted by atomic mass is 10.1. The van der Waals surface area contributed by atoms with E-state index in [0.717, 1.165) is 12.8 Å². The lowest BCUT2D eigenvalue weighted by Crippen LogP contribution is -2.36. The van der Waals surface area contributed by atoms with Crippen molar-refractivity contribution < 1.29 is 45.1 Å². The molecule has 0 bridgehead atoms. The molecule has 0 aliphatic heterocycles. The summed E-state index contributed by atoms with van der Waals surface area (Å²) in [6.07, 6.45) is 1.48. The van der Waals surface area contributed by atoms with Gasteiger partial charge in [0.25, 0.3) is 0 Å². The molecule has 2 aromatic carbocycles. The molecular formula is C21H23F5NO5P. The zero-order chi connectivity index (χ0) is 24.8. The number of ether oxygens (including phenoxy) is 1. The number of para-hydroxylation sites is 1. The fourth-order valence-corrected chi connectivity index (χ4v) is 4.14. The molecule has 0 amide bonds. The maximum absolute atomic E-state index is 14.1. The number of rotatable bonds is 11. The highest BCUT2D eigenvalue weighted by atomic mass is 31.2. The van der Waals surface area contributed by atoms with E-state index in [1.165, 1.54) is 31.2 Å². The zero-order valence-corrected chi connectivity index (χ0v) is 18.9. The van der Waals surface area contributed by atoms with Gasteiger partial charge in [0.1, 0.15) is 11.8 Å². The van der Waals surface area contributed by atoms with Crippen molar-refractivity contribution in [2.24, 2.45) is 5.92 Å². The third-order valence-electron chi connectivity index (χ3n) is 4.67. The highest BCUT2D eigenvalue weighted by Gasteiger charge is 2.38. The second kappa shape index (κ2) is 11.5. The molecule has 0 aliphatic carbocycles. The van der Waals surface area contributed by atoms with Gasteiger partial charge in [-0.2, -0.15) is 13.9 Å². The second-order valence-electron chi connectivity index (χ2n) is 7.06. The van der Waals surface area contributed by atoms with Gasteiger partial charge in [-0.25, -0.2) is 17.7 Å². The lowest BCUT2D eigenvalue weighted by Gasteiger charge is -2.24. The van der Waals surface area contributed by atoms with Gasteiger partial charge >= 0.3 is 13.7 Å². The predicted molar refractivity (Wildman–Crippen MR) is 109 cm³/mol. The number of halogens is 5. The summed E-state index contributed by atoms with van der Waals surface area (Å²) in [6.45, 7) is 5.09. The Bertz CT molecular complexity index is 991. The highest BCUT2D eigenvalue weighted by molar-refractivity contribution is 7.52. The second-order valence-corrected chi connectivity index (χ2v) is 8.67.